The highest BCUT2D eigenvalue weighted by Gasteiger charge is 2.30. The van der Waals surface area contributed by atoms with E-state index < -0.39 is 0 Å². The molecule has 5 heteroatoms. The summed E-state index contributed by atoms with van der Waals surface area (Å²) < 4.78 is 7.53. The van der Waals surface area contributed by atoms with Crippen LogP contribution >= 0.6 is 0 Å². The van der Waals surface area contributed by atoms with Gasteiger partial charge in [0.2, 0.25) is 0 Å². The summed E-state index contributed by atoms with van der Waals surface area (Å²) in [6, 6.07) is 12.0. The summed E-state index contributed by atoms with van der Waals surface area (Å²) >= 11 is 0. The molecule has 0 saturated carbocycles. The van der Waals surface area contributed by atoms with Crippen LogP contribution in [0.2, 0.25) is 0 Å². The van der Waals surface area contributed by atoms with Gasteiger partial charge in [-0.05, 0) is 73.2 Å². The molecule has 2 fully saturated rings. The number of H-pyrrole nitrogens is 1. The smallest absolute Gasteiger partial charge is 0.140 e. The Hall–Kier alpha value is -2.63. The number of rotatable bonds is 4. The lowest BCUT2D eigenvalue weighted by Crippen LogP contribution is -2.51. The van der Waals surface area contributed by atoms with Crippen LogP contribution in [0.4, 0.5) is 0 Å². The minimum absolute atomic E-state index is 0.432. The molecule has 3 aromatic heterocycles. The van der Waals surface area contributed by atoms with E-state index in [1.165, 1.54) is 64.6 Å². The quantitative estimate of drug-likeness (QED) is 0.472. The molecule has 5 heterocycles. The van der Waals surface area contributed by atoms with Gasteiger partial charge in [0.05, 0.1) is 24.9 Å². The van der Waals surface area contributed by atoms with Gasteiger partial charge in [-0.3, -0.25) is 4.90 Å². The number of nitrogens with zero attached hydrogens (tertiary/aromatic N) is 3. The van der Waals surface area contributed by atoms with Gasteiger partial charge in [0.1, 0.15) is 5.65 Å². The predicted molar refractivity (Wildman–Crippen MR) is 130 cm³/mol. The molecule has 2 saturated heterocycles. The first-order valence-electron chi connectivity index (χ1n) is 12.0. The van der Waals surface area contributed by atoms with Gasteiger partial charge in [-0.15, -0.1) is 0 Å². The Morgan fingerprint density at radius 3 is 2.62 bits per heavy atom. The summed E-state index contributed by atoms with van der Waals surface area (Å²) in [5.74, 6) is 1.08. The van der Waals surface area contributed by atoms with Gasteiger partial charge in [0.15, 0.2) is 0 Å². The fraction of sp³-hybridized carbons (Fsp3) is 0.444. The molecule has 166 valence electrons. The summed E-state index contributed by atoms with van der Waals surface area (Å²) in [7, 11) is 2.08. The Balaban J connectivity index is 1.39. The van der Waals surface area contributed by atoms with Crippen LogP contribution in [0.3, 0.4) is 0 Å². The number of aromatic nitrogens is 3. The SMILES string of the molecule is CC(C)c1c(-c2cn(C)c3ncccc23)[nH]c2ccc(C3CCN(C4COC4)CC3)cc12. The van der Waals surface area contributed by atoms with Crippen molar-refractivity contribution in [2.75, 3.05) is 26.3 Å². The number of piperidine rings is 1. The van der Waals surface area contributed by atoms with Crippen LogP contribution in [0.25, 0.3) is 33.2 Å². The number of ether oxygens (including phenoxy) is 1. The third-order valence-electron chi connectivity index (χ3n) is 7.58. The number of fused-ring (bicyclic) bond motifs is 2. The molecule has 1 aromatic carbocycles. The van der Waals surface area contributed by atoms with Gasteiger partial charge >= 0.3 is 0 Å². The lowest BCUT2D eigenvalue weighted by molar-refractivity contribution is -0.0712. The fourth-order valence-electron chi connectivity index (χ4n) is 5.74. The van der Waals surface area contributed by atoms with Crippen LogP contribution in [0.15, 0.2) is 42.7 Å². The Morgan fingerprint density at radius 1 is 1.09 bits per heavy atom. The summed E-state index contributed by atoms with van der Waals surface area (Å²) in [4.78, 5) is 11.0. The van der Waals surface area contributed by atoms with E-state index in [1.807, 2.05) is 12.3 Å². The zero-order valence-electron chi connectivity index (χ0n) is 19.3. The second-order valence-electron chi connectivity index (χ2n) is 9.90. The molecule has 6 rings (SSSR count). The molecule has 2 aliphatic heterocycles. The number of aromatic amines is 1. The minimum Gasteiger partial charge on any atom is -0.378 e. The summed E-state index contributed by atoms with van der Waals surface area (Å²) in [6.45, 7) is 8.83. The summed E-state index contributed by atoms with van der Waals surface area (Å²) in [5.41, 5.74) is 7.66. The topological polar surface area (TPSA) is 46.1 Å². The van der Waals surface area contributed by atoms with Crippen LogP contribution < -0.4 is 0 Å². The molecule has 0 spiro atoms. The molecule has 0 radical (unpaired) electrons. The first-order chi connectivity index (χ1) is 15.6. The van der Waals surface area contributed by atoms with Crippen LogP contribution in [0, 0.1) is 0 Å². The van der Waals surface area contributed by atoms with E-state index in [4.69, 9.17) is 4.74 Å². The maximum absolute atomic E-state index is 5.40. The number of hydrogen-bond acceptors (Lipinski definition) is 3. The molecule has 5 nitrogen and oxygen atoms in total. The highest BCUT2D eigenvalue weighted by Crippen LogP contribution is 2.40. The monoisotopic (exact) mass is 428 g/mol. The van der Waals surface area contributed by atoms with Crippen molar-refractivity contribution in [1.29, 1.82) is 0 Å². The van der Waals surface area contributed by atoms with Gasteiger partial charge in [0, 0.05) is 41.3 Å². The van der Waals surface area contributed by atoms with E-state index in [-0.39, 0.29) is 0 Å². The van der Waals surface area contributed by atoms with E-state index in [0.29, 0.717) is 17.9 Å². The number of benzene rings is 1. The third kappa shape index (κ3) is 3.18. The number of hydrogen-bond donors (Lipinski definition) is 1. The van der Waals surface area contributed by atoms with Crippen molar-refractivity contribution in [1.82, 2.24) is 19.4 Å². The largest absolute Gasteiger partial charge is 0.378 e. The Labute approximate surface area is 189 Å². The van der Waals surface area contributed by atoms with Crippen molar-refractivity contribution >= 4 is 21.9 Å². The van der Waals surface area contributed by atoms with Crippen molar-refractivity contribution in [3.63, 3.8) is 0 Å². The van der Waals surface area contributed by atoms with E-state index in [2.05, 4.69) is 70.8 Å². The van der Waals surface area contributed by atoms with Crippen LogP contribution in [-0.2, 0) is 11.8 Å². The number of pyridine rings is 1. The molecule has 1 N–H and O–H groups in total. The summed E-state index contributed by atoms with van der Waals surface area (Å²) in [5, 5.41) is 2.58. The molecule has 2 aliphatic rings. The molecular formula is C27H32N4O. The Morgan fingerprint density at radius 2 is 1.91 bits per heavy atom. The van der Waals surface area contributed by atoms with Crippen molar-refractivity contribution < 1.29 is 4.74 Å². The van der Waals surface area contributed by atoms with Crippen LogP contribution in [0.1, 0.15) is 49.7 Å². The lowest BCUT2D eigenvalue weighted by Gasteiger charge is -2.41. The minimum atomic E-state index is 0.432. The molecule has 4 aromatic rings. The normalized spacial score (nSPS) is 18.8. The molecule has 0 atom stereocenters. The molecule has 0 aliphatic carbocycles. The first kappa shape index (κ1) is 20.0. The van der Waals surface area contributed by atoms with Gasteiger partial charge in [-0.2, -0.15) is 0 Å². The van der Waals surface area contributed by atoms with Gasteiger partial charge < -0.3 is 14.3 Å². The molecule has 32 heavy (non-hydrogen) atoms. The van der Waals surface area contributed by atoms with Gasteiger partial charge in [-0.25, -0.2) is 4.98 Å². The predicted octanol–water partition coefficient (Wildman–Crippen LogP) is 5.42. The van der Waals surface area contributed by atoms with E-state index >= 15 is 0 Å². The number of aryl methyl sites for hydroxylation is 1. The molecular weight excluding hydrogens is 396 g/mol. The van der Waals surface area contributed by atoms with Crippen molar-refractivity contribution in [2.45, 2.75) is 44.6 Å². The van der Waals surface area contributed by atoms with Crippen molar-refractivity contribution in [3.05, 3.63) is 53.9 Å². The molecule has 0 unspecified atom stereocenters. The lowest BCUT2D eigenvalue weighted by atomic mass is 9.87. The highest BCUT2D eigenvalue weighted by molar-refractivity contribution is 5.99. The van der Waals surface area contributed by atoms with Crippen LogP contribution in [0.5, 0.6) is 0 Å². The number of likely N-dealkylation sites (tertiary alicyclic amines) is 1. The number of nitrogens with one attached hydrogen (secondary N) is 1. The third-order valence-corrected chi connectivity index (χ3v) is 7.58. The second-order valence-corrected chi connectivity index (χ2v) is 9.90. The zero-order chi connectivity index (χ0) is 21.8. The van der Waals surface area contributed by atoms with E-state index in [1.54, 1.807) is 0 Å². The van der Waals surface area contributed by atoms with Gasteiger partial charge in [-0.1, -0.05) is 19.9 Å². The molecule has 0 amide bonds. The fourth-order valence-corrected chi connectivity index (χ4v) is 5.74. The summed E-state index contributed by atoms with van der Waals surface area (Å²) in [6.07, 6.45) is 6.57. The second kappa shape index (κ2) is 7.75. The maximum atomic E-state index is 5.40. The van der Waals surface area contributed by atoms with E-state index in [9.17, 15) is 0 Å². The molecule has 0 bridgehead atoms. The Bertz CT molecular complexity index is 1270. The first-order valence-corrected chi connectivity index (χ1v) is 12.0. The standard InChI is InChI=1S/C27H32N4O/c1-17(2)25-22-13-19(18-8-11-31(12-9-18)20-15-32-16-20)6-7-24(22)29-26(25)23-14-30(3)27-21(23)5-4-10-28-27/h4-7,10,13-14,17-18,20,29H,8-9,11-12,15-16H2,1-3H3. The van der Waals surface area contributed by atoms with Gasteiger partial charge in [0.25, 0.3) is 0 Å². The highest BCUT2D eigenvalue weighted by atomic mass is 16.5. The zero-order valence-corrected chi connectivity index (χ0v) is 19.3. The van der Waals surface area contributed by atoms with Crippen molar-refractivity contribution in [2.24, 2.45) is 7.05 Å². The maximum Gasteiger partial charge on any atom is 0.140 e. The van der Waals surface area contributed by atoms with Crippen molar-refractivity contribution in [3.8, 4) is 11.3 Å². The Kier molecular flexibility index (Phi) is 4.85. The van der Waals surface area contributed by atoms with Crippen LogP contribution in [-0.4, -0.2) is 51.8 Å². The average molecular weight is 429 g/mol. The average Bonchev–Trinajstić information content (AvgIpc) is 3.31. The van der Waals surface area contributed by atoms with E-state index in [0.717, 1.165) is 18.9 Å².